The van der Waals surface area contributed by atoms with Crippen LogP contribution in [0.5, 0.6) is 11.5 Å². The van der Waals surface area contributed by atoms with Gasteiger partial charge in [-0.2, -0.15) is 0 Å². The molecule has 0 fully saturated rings. The number of nitro groups is 1. The van der Waals surface area contributed by atoms with Gasteiger partial charge in [0.05, 0.1) is 24.7 Å². The number of amides is 1. The lowest BCUT2D eigenvalue weighted by atomic mass is 10.1. The summed E-state index contributed by atoms with van der Waals surface area (Å²) in [5.74, 6) is 0.756. The molecule has 0 radical (unpaired) electrons. The van der Waals surface area contributed by atoms with Crippen LogP contribution < -0.4 is 14.8 Å². The van der Waals surface area contributed by atoms with Crippen LogP contribution in [0.3, 0.4) is 0 Å². The van der Waals surface area contributed by atoms with E-state index in [9.17, 15) is 14.9 Å². The molecule has 0 unspecified atom stereocenters. The van der Waals surface area contributed by atoms with Crippen molar-refractivity contribution in [3.8, 4) is 11.5 Å². The maximum absolute atomic E-state index is 12.7. The van der Waals surface area contributed by atoms with E-state index in [1.807, 2.05) is 29.8 Å². The molecule has 1 aromatic heterocycles. The van der Waals surface area contributed by atoms with Crippen LogP contribution in [0.4, 0.5) is 11.4 Å². The molecule has 30 heavy (non-hydrogen) atoms. The van der Waals surface area contributed by atoms with Crippen molar-refractivity contribution in [2.45, 2.75) is 20.4 Å². The minimum atomic E-state index is -0.618. The van der Waals surface area contributed by atoms with Crippen LogP contribution in [-0.4, -0.2) is 34.1 Å². The molecule has 1 heterocycles. The van der Waals surface area contributed by atoms with Gasteiger partial charge in [0.25, 0.3) is 11.6 Å². The van der Waals surface area contributed by atoms with Crippen LogP contribution in [0.15, 0.2) is 48.8 Å². The first-order valence-electron chi connectivity index (χ1n) is 9.30. The van der Waals surface area contributed by atoms with Gasteiger partial charge in [-0.05, 0) is 31.5 Å². The molecule has 0 aliphatic heterocycles. The van der Waals surface area contributed by atoms with E-state index in [2.05, 4.69) is 10.3 Å². The first-order chi connectivity index (χ1) is 14.4. The second-order valence-electron chi connectivity index (χ2n) is 6.46. The molecule has 0 aliphatic carbocycles. The first-order valence-corrected chi connectivity index (χ1v) is 9.30. The van der Waals surface area contributed by atoms with Gasteiger partial charge < -0.3 is 19.4 Å². The fraction of sp³-hybridized carbons (Fsp3) is 0.238. The third kappa shape index (κ3) is 4.57. The van der Waals surface area contributed by atoms with Gasteiger partial charge in [-0.1, -0.05) is 12.1 Å². The molecule has 3 rings (SSSR count). The molecule has 156 valence electrons. The zero-order chi connectivity index (χ0) is 21.7. The number of carbonyl (C=O) groups is 1. The maximum atomic E-state index is 12.7. The standard InChI is InChI=1S/C21H22N4O5/c1-4-30-20-12-18(25(27)28)17(11-19(20)29-3)21(26)23-16-7-5-15(6-8-16)13-24-10-9-22-14(24)2/h5-12H,4,13H2,1-3H3,(H,23,26). The Bertz CT molecular complexity index is 1060. The summed E-state index contributed by atoms with van der Waals surface area (Å²) in [6.45, 7) is 4.64. The minimum absolute atomic E-state index is 0.113. The predicted octanol–water partition coefficient (Wildman–Crippen LogP) is 3.81. The Morgan fingerprint density at radius 1 is 1.23 bits per heavy atom. The number of anilines is 1. The topological polar surface area (TPSA) is 109 Å². The molecule has 1 amide bonds. The summed E-state index contributed by atoms with van der Waals surface area (Å²) in [4.78, 5) is 27.8. The number of benzene rings is 2. The van der Waals surface area contributed by atoms with Gasteiger partial charge >= 0.3 is 0 Å². The van der Waals surface area contributed by atoms with Gasteiger partial charge in [0.2, 0.25) is 0 Å². The van der Waals surface area contributed by atoms with E-state index in [0.717, 1.165) is 11.4 Å². The van der Waals surface area contributed by atoms with Crippen LogP contribution >= 0.6 is 0 Å². The Kier molecular flexibility index (Phi) is 6.31. The molecular weight excluding hydrogens is 388 g/mol. The summed E-state index contributed by atoms with van der Waals surface area (Å²) in [5, 5.41) is 14.2. The van der Waals surface area contributed by atoms with E-state index in [1.165, 1.54) is 19.2 Å². The van der Waals surface area contributed by atoms with Gasteiger partial charge in [0.1, 0.15) is 11.4 Å². The van der Waals surface area contributed by atoms with Crippen molar-refractivity contribution in [3.05, 3.63) is 75.9 Å². The summed E-state index contributed by atoms with van der Waals surface area (Å²) >= 11 is 0. The zero-order valence-electron chi connectivity index (χ0n) is 16.9. The molecule has 9 nitrogen and oxygen atoms in total. The highest BCUT2D eigenvalue weighted by Gasteiger charge is 2.25. The Morgan fingerprint density at radius 3 is 2.53 bits per heavy atom. The van der Waals surface area contributed by atoms with Crippen LogP contribution in [0.25, 0.3) is 0 Å². The molecule has 0 saturated carbocycles. The number of carbonyl (C=O) groups excluding carboxylic acids is 1. The Morgan fingerprint density at radius 2 is 1.97 bits per heavy atom. The molecule has 0 atom stereocenters. The van der Waals surface area contributed by atoms with Gasteiger partial charge in [0, 0.05) is 30.7 Å². The van der Waals surface area contributed by atoms with Crippen molar-refractivity contribution < 1.29 is 19.2 Å². The number of methoxy groups -OCH3 is 1. The normalized spacial score (nSPS) is 10.5. The van der Waals surface area contributed by atoms with E-state index in [4.69, 9.17) is 9.47 Å². The van der Waals surface area contributed by atoms with Crippen molar-refractivity contribution in [2.24, 2.45) is 0 Å². The third-order valence-corrected chi connectivity index (χ3v) is 4.51. The zero-order valence-corrected chi connectivity index (χ0v) is 16.9. The highest BCUT2D eigenvalue weighted by Crippen LogP contribution is 2.35. The molecule has 2 aromatic carbocycles. The first kappa shape index (κ1) is 20.8. The number of aromatic nitrogens is 2. The molecule has 0 saturated heterocycles. The molecule has 3 aromatic rings. The minimum Gasteiger partial charge on any atom is -0.493 e. The maximum Gasteiger partial charge on any atom is 0.286 e. The number of hydrogen-bond donors (Lipinski definition) is 1. The monoisotopic (exact) mass is 410 g/mol. The predicted molar refractivity (Wildman–Crippen MR) is 111 cm³/mol. The van der Waals surface area contributed by atoms with E-state index >= 15 is 0 Å². The van der Waals surface area contributed by atoms with E-state index < -0.39 is 10.8 Å². The summed E-state index contributed by atoms with van der Waals surface area (Å²) in [5.41, 5.74) is 1.08. The molecule has 0 aliphatic rings. The highest BCUT2D eigenvalue weighted by molar-refractivity contribution is 6.07. The van der Waals surface area contributed by atoms with Crippen LogP contribution in [0, 0.1) is 17.0 Å². The van der Waals surface area contributed by atoms with Crippen LogP contribution in [0.1, 0.15) is 28.7 Å². The molecule has 9 heteroatoms. The smallest absolute Gasteiger partial charge is 0.286 e. The van der Waals surface area contributed by atoms with Gasteiger partial charge in [-0.25, -0.2) is 4.98 Å². The van der Waals surface area contributed by atoms with E-state index in [0.29, 0.717) is 18.8 Å². The summed E-state index contributed by atoms with van der Waals surface area (Å²) in [7, 11) is 1.41. The number of aryl methyl sites for hydroxylation is 1. The van der Waals surface area contributed by atoms with Gasteiger partial charge in [-0.3, -0.25) is 14.9 Å². The largest absolute Gasteiger partial charge is 0.493 e. The third-order valence-electron chi connectivity index (χ3n) is 4.51. The van der Waals surface area contributed by atoms with E-state index in [-0.39, 0.29) is 22.7 Å². The fourth-order valence-corrected chi connectivity index (χ4v) is 2.97. The number of rotatable bonds is 8. The summed E-state index contributed by atoms with van der Waals surface area (Å²) in [6.07, 6.45) is 3.63. The Balaban J connectivity index is 1.81. The number of nitro benzene ring substituents is 1. The number of ether oxygens (including phenoxy) is 2. The van der Waals surface area contributed by atoms with Crippen molar-refractivity contribution >= 4 is 17.3 Å². The lowest BCUT2D eigenvalue weighted by Gasteiger charge is -2.12. The van der Waals surface area contributed by atoms with Crippen LogP contribution in [-0.2, 0) is 6.54 Å². The number of nitrogens with zero attached hydrogens (tertiary/aromatic N) is 3. The number of imidazole rings is 1. The molecule has 1 N–H and O–H groups in total. The summed E-state index contributed by atoms with van der Waals surface area (Å²) < 4.78 is 12.6. The second kappa shape index (κ2) is 9.08. The summed E-state index contributed by atoms with van der Waals surface area (Å²) in [6, 6.07) is 9.77. The van der Waals surface area contributed by atoms with Crippen molar-refractivity contribution in [1.82, 2.24) is 9.55 Å². The quantitative estimate of drug-likeness (QED) is 0.447. The SMILES string of the molecule is CCOc1cc([N+](=O)[O-])c(C(=O)Nc2ccc(Cn3ccnc3C)cc2)cc1OC. The van der Waals surface area contributed by atoms with Crippen molar-refractivity contribution in [3.63, 3.8) is 0 Å². The Hall–Kier alpha value is -3.88. The van der Waals surface area contributed by atoms with Crippen LogP contribution in [0.2, 0.25) is 0 Å². The highest BCUT2D eigenvalue weighted by atomic mass is 16.6. The Labute approximate surface area is 173 Å². The van der Waals surface area contributed by atoms with Crippen molar-refractivity contribution in [2.75, 3.05) is 19.0 Å². The molecule has 0 bridgehead atoms. The average molecular weight is 410 g/mol. The van der Waals surface area contributed by atoms with Gasteiger partial charge in [-0.15, -0.1) is 0 Å². The van der Waals surface area contributed by atoms with Gasteiger partial charge in [0.15, 0.2) is 11.5 Å². The lowest BCUT2D eigenvalue weighted by Crippen LogP contribution is -2.14. The lowest BCUT2D eigenvalue weighted by molar-refractivity contribution is -0.385. The molecular formula is C21H22N4O5. The number of hydrogen-bond acceptors (Lipinski definition) is 6. The van der Waals surface area contributed by atoms with E-state index in [1.54, 1.807) is 25.3 Å². The number of nitrogens with one attached hydrogen (secondary N) is 1. The van der Waals surface area contributed by atoms with Crippen molar-refractivity contribution in [1.29, 1.82) is 0 Å². The average Bonchev–Trinajstić information content (AvgIpc) is 3.13. The second-order valence-corrected chi connectivity index (χ2v) is 6.46. The fourth-order valence-electron chi connectivity index (χ4n) is 2.97. The molecule has 0 spiro atoms.